The van der Waals surface area contributed by atoms with Gasteiger partial charge in [-0.2, -0.15) is 0 Å². The third kappa shape index (κ3) is 2.09. The first-order chi connectivity index (χ1) is 7.74. The van der Waals surface area contributed by atoms with Crippen LogP contribution in [0.15, 0.2) is 12.1 Å². The van der Waals surface area contributed by atoms with Crippen LogP contribution in [-0.4, -0.2) is 6.54 Å². The van der Waals surface area contributed by atoms with Gasteiger partial charge >= 0.3 is 0 Å². The van der Waals surface area contributed by atoms with Gasteiger partial charge in [0.2, 0.25) is 0 Å². The summed E-state index contributed by atoms with van der Waals surface area (Å²) in [7, 11) is 0. The second-order valence-electron chi connectivity index (χ2n) is 4.32. The van der Waals surface area contributed by atoms with Gasteiger partial charge in [0, 0.05) is 11.6 Å². The van der Waals surface area contributed by atoms with Crippen molar-refractivity contribution in [2.45, 2.75) is 38.6 Å². The Kier molecular flexibility index (Phi) is 3.54. The van der Waals surface area contributed by atoms with Crippen LogP contribution in [0.3, 0.4) is 0 Å². The van der Waals surface area contributed by atoms with Crippen molar-refractivity contribution in [2.75, 3.05) is 6.54 Å². The van der Waals surface area contributed by atoms with E-state index < -0.39 is 0 Å². The highest BCUT2D eigenvalue weighted by Crippen LogP contribution is 2.33. The zero-order valence-electron chi connectivity index (χ0n) is 9.52. The second kappa shape index (κ2) is 4.91. The number of fused-ring (bicyclic) bond motifs is 1. The summed E-state index contributed by atoms with van der Waals surface area (Å²) in [6.45, 7) is 2.92. The molecule has 88 valence electrons. The van der Waals surface area contributed by atoms with Crippen molar-refractivity contribution >= 4 is 0 Å². The van der Waals surface area contributed by atoms with Crippen LogP contribution in [0.25, 0.3) is 0 Å². The SMILES string of the molecule is CCCNC1CCCc2c(F)ccc(F)c21. The number of hydrogen-bond acceptors (Lipinski definition) is 1. The van der Waals surface area contributed by atoms with Gasteiger partial charge in [0.25, 0.3) is 0 Å². The lowest BCUT2D eigenvalue weighted by Crippen LogP contribution is -2.27. The molecule has 0 saturated carbocycles. The van der Waals surface area contributed by atoms with Gasteiger partial charge in [-0.25, -0.2) is 8.78 Å². The first kappa shape index (κ1) is 11.5. The summed E-state index contributed by atoms with van der Waals surface area (Å²) >= 11 is 0. The van der Waals surface area contributed by atoms with Crippen LogP contribution in [0.2, 0.25) is 0 Å². The van der Waals surface area contributed by atoms with E-state index in [2.05, 4.69) is 12.2 Å². The van der Waals surface area contributed by atoms with Gasteiger partial charge < -0.3 is 5.32 Å². The Morgan fingerprint density at radius 1 is 1.31 bits per heavy atom. The largest absolute Gasteiger partial charge is 0.310 e. The molecule has 1 unspecified atom stereocenters. The summed E-state index contributed by atoms with van der Waals surface area (Å²) in [6.07, 6.45) is 3.48. The van der Waals surface area contributed by atoms with E-state index in [4.69, 9.17) is 0 Å². The Morgan fingerprint density at radius 3 is 2.81 bits per heavy atom. The van der Waals surface area contributed by atoms with E-state index in [-0.39, 0.29) is 17.7 Å². The molecule has 0 amide bonds. The maximum absolute atomic E-state index is 13.7. The molecule has 2 rings (SSSR count). The molecule has 0 aliphatic heterocycles. The van der Waals surface area contributed by atoms with Crippen molar-refractivity contribution in [1.29, 1.82) is 0 Å². The second-order valence-corrected chi connectivity index (χ2v) is 4.32. The molecule has 1 aliphatic carbocycles. The third-order valence-corrected chi connectivity index (χ3v) is 3.16. The molecule has 0 bridgehead atoms. The molecular formula is C13H17F2N. The molecule has 0 spiro atoms. The topological polar surface area (TPSA) is 12.0 Å². The van der Waals surface area contributed by atoms with Crippen molar-refractivity contribution in [1.82, 2.24) is 5.32 Å². The molecule has 0 radical (unpaired) electrons. The van der Waals surface area contributed by atoms with Gasteiger partial charge in [-0.15, -0.1) is 0 Å². The van der Waals surface area contributed by atoms with Crippen molar-refractivity contribution in [2.24, 2.45) is 0 Å². The molecule has 1 aliphatic rings. The highest BCUT2D eigenvalue weighted by molar-refractivity contribution is 5.34. The Bertz CT molecular complexity index is 376. The average molecular weight is 225 g/mol. The summed E-state index contributed by atoms with van der Waals surface area (Å²) in [4.78, 5) is 0. The van der Waals surface area contributed by atoms with Crippen molar-refractivity contribution in [3.63, 3.8) is 0 Å². The number of rotatable bonds is 3. The fourth-order valence-corrected chi connectivity index (χ4v) is 2.39. The predicted octanol–water partition coefficient (Wildman–Crippen LogP) is 3.34. The van der Waals surface area contributed by atoms with E-state index in [9.17, 15) is 8.78 Å². The zero-order valence-corrected chi connectivity index (χ0v) is 9.52. The summed E-state index contributed by atoms with van der Waals surface area (Å²) in [5.41, 5.74) is 1.12. The molecule has 16 heavy (non-hydrogen) atoms. The predicted molar refractivity (Wildman–Crippen MR) is 60.3 cm³/mol. The highest BCUT2D eigenvalue weighted by atomic mass is 19.1. The molecule has 3 heteroatoms. The Morgan fingerprint density at radius 2 is 2.06 bits per heavy atom. The first-order valence-corrected chi connectivity index (χ1v) is 5.94. The Hall–Kier alpha value is -0.960. The van der Waals surface area contributed by atoms with E-state index in [0.717, 1.165) is 25.8 Å². The lowest BCUT2D eigenvalue weighted by molar-refractivity contribution is 0.426. The average Bonchev–Trinajstić information content (AvgIpc) is 2.31. The highest BCUT2D eigenvalue weighted by Gasteiger charge is 2.25. The van der Waals surface area contributed by atoms with Crippen molar-refractivity contribution < 1.29 is 8.78 Å². The number of hydrogen-bond donors (Lipinski definition) is 1. The lowest BCUT2D eigenvalue weighted by Gasteiger charge is -2.27. The van der Waals surface area contributed by atoms with E-state index in [1.807, 2.05) is 0 Å². The van der Waals surface area contributed by atoms with E-state index in [1.54, 1.807) is 0 Å². The molecule has 1 aromatic rings. The van der Waals surface area contributed by atoms with Crippen molar-refractivity contribution in [3.8, 4) is 0 Å². The van der Waals surface area contributed by atoms with Crippen LogP contribution in [0.4, 0.5) is 8.78 Å². The first-order valence-electron chi connectivity index (χ1n) is 5.94. The molecule has 1 aromatic carbocycles. The van der Waals surface area contributed by atoms with E-state index in [1.165, 1.54) is 12.1 Å². The van der Waals surface area contributed by atoms with Crippen molar-refractivity contribution in [3.05, 3.63) is 34.9 Å². The molecule has 0 aromatic heterocycles. The van der Waals surface area contributed by atoms with E-state index in [0.29, 0.717) is 17.5 Å². The van der Waals surface area contributed by atoms with Crippen LogP contribution in [0.1, 0.15) is 43.4 Å². The van der Waals surface area contributed by atoms with Gasteiger partial charge in [-0.05, 0) is 49.9 Å². The Labute approximate surface area is 94.9 Å². The van der Waals surface area contributed by atoms with Gasteiger partial charge in [-0.1, -0.05) is 6.92 Å². The smallest absolute Gasteiger partial charge is 0.128 e. The summed E-state index contributed by atoms with van der Waals surface area (Å²) in [6, 6.07) is 2.45. The minimum Gasteiger partial charge on any atom is -0.310 e. The third-order valence-electron chi connectivity index (χ3n) is 3.16. The van der Waals surface area contributed by atoms with E-state index >= 15 is 0 Å². The fourth-order valence-electron chi connectivity index (χ4n) is 2.39. The van der Waals surface area contributed by atoms with Crippen LogP contribution in [0, 0.1) is 11.6 Å². The van der Waals surface area contributed by atoms with Crippen LogP contribution in [-0.2, 0) is 6.42 Å². The lowest BCUT2D eigenvalue weighted by atomic mass is 9.87. The minimum absolute atomic E-state index is 0.0144. The van der Waals surface area contributed by atoms with Gasteiger partial charge in [0.15, 0.2) is 0 Å². The summed E-state index contributed by atoms with van der Waals surface area (Å²) < 4.78 is 27.3. The van der Waals surface area contributed by atoms with Crippen LogP contribution >= 0.6 is 0 Å². The molecule has 0 fully saturated rings. The molecular weight excluding hydrogens is 208 g/mol. The molecule has 1 N–H and O–H groups in total. The summed E-state index contributed by atoms with van der Waals surface area (Å²) in [5.74, 6) is -0.538. The number of benzene rings is 1. The standard InChI is InChI=1S/C13H17F2N/c1-2-8-16-12-5-3-4-9-10(14)6-7-11(15)13(9)12/h6-7,12,16H,2-5,8H2,1H3. The zero-order chi connectivity index (χ0) is 11.5. The van der Waals surface area contributed by atoms with Crippen LogP contribution < -0.4 is 5.32 Å². The molecule has 1 nitrogen and oxygen atoms in total. The minimum atomic E-state index is -0.273. The normalized spacial score (nSPS) is 19.6. The Balaban J connectivity index is 2.33. The maximum Gasteiger partial charge on any atom is 0.128 e. The quantitative estimate of drug-likeness (QED) is 0.832. The monoisotopic (exact) mass is 225 g/mol. The summed E-state index contributed by atoms with van der Waals surface area (Å²) in [5, 5.41) is 3.29. The maximum atomic E-state index is 13.7. The number of nitrogens with one attached hydrogen (secondary N) is 1. The molecule has 0 heterocycles. The van der Waals surface area contributed by atoms with Gasteiger partial charge in [0.05, 0.1) is 0 Å². The van der Waals surface area contributed by atoms with Crippen LogP contribution in [0.5, 0.6) is 0 Å². The molecule has 0 saturated heterocycles. The number of halogens is 2. The fraction of sp³-hybridized carbons (Fsp3) is 0.538. The van der Waals surface area contributed by atoms with Gasteiger partial charge in [-0.3, -0.25) is 0 Å². The van der Waals surface area contributed by atoms with Gasteiger partial charge in [0.1, 0.15) is 11.6 Å². The molecule has 1 atom stereocenters.